The zero-order valence-corrected chi connectivity index (χ0v) is 20.3. The van der Waals surface area contributed by atoms with E-state index in [0.29, 0.717) is 23.6 Å². The summed E-state index contributed by atoms with van der Waals surface area (Å²) in [6.45, 7) is 5.84. The van der Waals surface area contributed by atoms with Crippen LogP contribution in [0.3, 0.4) is 0 Å². The molecule has 6 nitrogen and oxygen atoms in total. The highest BCUT2D eigenvalue weighted by Gasteiger charge is 2.35. The van der Waals surface area contributed by atoms with Crippen LogP contribution >= 0.6 is 11.3 Å². The molecule has 33 heavy (non-hydrogen) atoms. The number of carbonyl (C=O) groups is 2. The highest BCUT2D eigenvalue weighted by molar-refractivity contribution is 7.09. The Hall–Kier alpha value is -2.93. The minimum absolute atomic E-state index is 0.137. The second-order valence-corrected chi connectivity index (χ2v) is 9.90. The molecule has 174 valence electrons. The fraction of sp³-hybridized carbons (Fsp3) is 0.423. The fourth-order valence-corrected chi connectivity index (χ4v) is 5.23. The molecular formula is C26H31N3O3S. The third-order valence-corrected chi connectivity index (χ3v) is 7.18. The molecule has 1 fully saturated rings. The predicted molar refractivity (Wildman–Crippen MR) is 129 cm³/mol. The van der Waals surface area contributed by atoms with Gasteiger partial charge in [-0.05, 0) is 50.6 Å². The summed E-state index contributed by atoms with van der Waals surface area (Å²) in [5, 5.41) is 9.21. The number of amides is 2. The Balaban J connectivity index is 1.75. The highest BCUT2D eigenvalue weighted by Crippen LogP contribution is 2.30. The van der Waals surface area contributed by atoms with Crippen LogP contribution in [-0.2, 0) is 11.3 Å². The topological polar surface area (TPSA) is 75.4 Å². The van der Waals surface area contributed by atoms with Crippen LogP contribution in [-0.4, -0.2) is 27.9 Å². The van der Waals surface area contributed by atoms with Gasteiger partial charge in [0.05, 0.1) is 12.2 Å². The molecule has 3 aromatic rings. The van der Waals surface area contributed by atoms with Gasteiger partial charge < -0.3 is 14.7 Å². The first-order valence-electron chi connectivity index (χ1n) is 11.6. The lowest BCUT2D eigenvalue weighted by atomic mass is 9.94. The number of benzene rings is 1. The summed E-state index contributed by atoms with van der Waals surface area (Å²) < 4.78 is 5.29. The number of carbonyl (C=O) groups excluding carboxylic acids is 2. The molecule has 2 aromatic heterocycles. The van der Waals surface area contributed by atoms with Crippen LogP contribution in [0.1, 0.15) is 76.0 Å². The van der Waals surface area contributed by atoms with Crippen LogP contribution in [0.2, 0.25) is 0 Å². The van der Waals surface area contributed by atoms with Gasteiger partial charge in [-0.25, -0.2) is 0 Å². The highest BCUT2D eigenvalue weighted by atomic mass is 32.1. The number of aromatic nitrogens is 1. The third kappa shape index (κ3) is 5.36. The Morgan fingerprint density at radius 3 is 2.45 bits per heavy atom. The lowest BCUT2D eigenvalue weighted by Crippen LogP contribution is -2.47. The lowest BCUT2D eigenvalue weighted by Gasteiger charge is -2.33. The molecular weight excluding hydrogens is 434 g/mol. The average molecular weight is 466 g/mol. The minimum Gasteiger partial charge on any atom is -0.361 e. The van der Waals surface area contributed by atoms with E-state index in [-0.39, 0.29) is 17.9 Å². The molecule has 0 unspecified atom stereocenters. The first-order chi connectivity index (χ1) is 15.9. The van der Waals surface area contributed by atoms with Crippen molar-refractivity contribution in [1.82, 2.24) is 15.4 Å². The van der Waals surface area contributed by atoms with Crippen LogP contribution < -0.4 is 5.32 Å². The van der Waals surface area contributed by atoms with Crippen LogP contribution in [0.15, 0.2) is 46.3 Å². The molecule has 1 aliphatic carbocycles. The number of aryl methyl sites for hydroxylation is 3. The molecule has 1 atom stereocenters. The van der Waals surface area contributed by atoms with E-state index in [4.69, 9.17) is 4.52 Å². The summed E-state index contributed by atoms with van der Waals surface area (Å²) in [5.74, 6) is 0.0791. The molecule has 1 saturated carbocycles. The van der Waals surface area contributed by atoms with Gasteiger partial charge >= 0.3 is 0 Å². The first kappa shape index (κ1) is 23.2. The SMILES string of the molecule is Cc1ccc([C@H](C(=O)NC2CCCCC2)N(Cc2cccs2)C(=O)c2c(C)noc2C)cc1. The summed E-state index contributed by atoms with van der Waals surface area (Å²) >= 11 is 1.57. The minimum atomic E-state index is -0.754. The third-order valence-electron chi connectivity index (χ3n) is 6.32. The van der Waals surface area contributed by atoms with Gasteiger partial charge in [-0.1, -0.05) is 60.3 Å². The van der Waals surface area contributed by atoms with Crippen molar-refractivity contribution in [2.75, 3.05) is 0 Å². The summed E-state index contributed by atoms with van der Waals surface area (Å²) in [4.78, 5) is 30.4. The van der Waals surface area contributed by atoms with Gasteiger partial charge in [0, 0.05) is 10.9 Å². The Bertz CT molecular complexity index is 1060. The Morgan fingerprint density at radius 2 is 1.85 bits per heavy atom. The maximum atomic E-state index is 13.9. The second kappa shape index (κ2) is 10.3. The van der Waals surface area contributed by atoms with Crippen molar-refractivity contribution >= 4 is 23.2 Å². The molecule has 1 aliphatic rings. The van der Waals surface area contributed by atoms with Crippen LogP contribution in [0.25, 0.3) is 0 Å². The summed E-state index contributed by atoms with van der Waals surface area (Å²) in [5.41, 5.74) is 2.86. The maximum Gasteiger partial charge on any atom is 0.260 e. The Morgan fingerprint density at radius 1 is 1.12 bits per heavy atom. The van der Waals surface area contributed by atoms with Crippen molar-refractivity contribution in [2.45, 2.75) is 71.5 Å². The molecule has 0 radical (unpaired) electrons. The van der Waals surface area contributed by atoms with Crippen molar-refractivity contribution in [3.05, 3.63) is 74.8 Å². The largest absolute Gasteiger partial charge is 0.361 e. The van der Waals surface area contributed by atoms with Crippen molar-refractivity contribution in [3.63, 3.8) is 0 Å². The smallest absolute Gasteiger partial charge is 0.260 e. The van der Waals surface area contributed by atoms with E-state index in [1.807, 2.05) is 48.7 Å². The second-order valence-electron chi connectivity index (χ2n) is 8.87. The Labute approximate surface area is 199 Å². The predicted octanol–water partition coefficient (Wildman–Crippen LogP) is 5.49. The van der Waals surface area contributed by atoms with Crippen LogP contribution in [0.4, 0.5) is 0 Å². The standard InChI is InChI=1S/C26H31N3O3S/c1-17-11-13-20(14-12-17)24(25(30)27-21-8-5-4-6-9-21)29(16-22-10-7-15-33-22)26(31)23-18(2)28-32-19(23)3/h7,10-15,21,24H,4-6,8-9,16H2,1-3H3,(H,27,30)/t24-/m1/s1. The fourth-order valence-electron chi connectivity index (χ4n) is 4.53. The molecule has 7 heteroatoms. The number of rotatable bonds is 7. The summed E-state index contributed by atoms with van der Waals surface area (Å²) in [7, 11) is 0. The van der Waals surface area contributed by atoms with Gasteiger partial charge in [0.2, 0.25) is 5.91 Å². The number of hydrogen-bond acceptors (Lipinski definition) is 5. The van der Waals surface area contributed by atoms with E-state index in [9.17, 15) is 9.59 Å². The quantitative estimate of drug-likeness (QED) is 0.500. The number of nitrogens with zero attached hydrogens (tertiary/aromatic N) is 2. The first-order valence-corrected chi connectivity index (χ1v) is 12.4. The van der Waals surface area contributed by atoms with Gasteiger partial charge in [-0.2, -0.15) is 0 Å². The summed E-state index contributed by atoms with van der Waals surface area (Å²) in [6.07, 6.45) is 5.42. The molecule has 0 saturated heterocycles. The molecule has 0 bridgehead atoms. The monoisotopic (exact) mass is 465 g/mol. The van der Waals surface area contributed by atoms with Gasteiger partial charge in [0.25, 0.3) is 5.91 Å². The van der Waals surface area contributed by atoms with E-state index in [0.717, 1.165) is 41.7 Å². The van der Waals surface area contributed by atoms with Gasteiger partial charge in [-0.3, -0.25) is 9.59 Å². The van der Waals surface area contributed by atoms with Crippen molar-refractivity contribution in [3.8, 4) is 0 Å². The van der Waals surface area contributed by atoms with Crippen LogP contribution in [0, 0.1) is 20.8 Å². The van der Waals surface area contributed by atoms with E-state index >= 15 is 0 Å². The van der Waals surface area contributed by atoms with E-state index in [2.05, 4.69) is 10.5 Å². The normalized spacial score (nSPS) is 15.2. The lowest BCUT2D eigenvalue weighted by molar-refractivity contribution is -0.127. The van der Waals surface area contributed by atoms with Crippen LogP contribution in [0.5, 0.6) is 0 Å². The molecule has 0 spiro atoms. The molecule has 1 aromatic carbocycles. The van der Waals surface area contributed by atoms with E-state index < -0.39 is 6.04 Å². The molecule has 2 heterocycles. The van der Waals surface area contributed by atoms with Crippen molar-refractivity contribution in [2.24, 2.45) is 0 Å². The number of hydrogen-bond donors (Lipinski definition) is 1. The van der Waals surface area contributed by atoms with E-state index in [1.165, 1.54) is 6.42 Å². The van der Waals surface area contributed by atoms with Gasteiger partial charge in [0.15, 0.2) is 0 Å². The van der Waals surface area contributed by atoms with E-state index in [1.54, 1.807) is 30.1 Å². The average Bonchev–Trinajstić information content (AvgIpc) is 3.44. The zero-order chi connectivity index (χ0) is 23.4. The maximum absolute atomic E-state index is 13.9. The molecule has 0 aliphatic heterocycles. The molecule has 2 amide bonds. The Kier molecular flexibility index (Phi) is 7.28. The summed E-state index contributed by atoms with van der Waals surface area (Å²) in [6, 6.07) is 11.2. The van der Waals surface area contributed by atoms with Crippen molar-refractivity contribution < 1.29 is 14.1 Å². The number of nitrogens with one attached hydrogen (secondary N) is 1. The molecule has 4 rings (SSSR count). The molecule has 1 N–H and O–H groups in total. The zero-order valence-electron chi connectivity index (χ0n) is 19.5. The number of thiophene rings is 1. The van der Waals surface area contributed by atoms with Gasteiger partial charge in [0.1, 0.15) is 17.4 Å². The van der Waals surface area contributed by atoms with Crippen molar-refractivity contribution in [1.29, 1.82) is 0 Å². The van der Waals surface area contributed by atoms with Gasteiger partial charge in [-0.15, -0.1) is 11.3 Å².